The minimum atomic E-state index is -4.01. The third-order valence-corrected chi connectivity index (χ3v) is 7.34. The third-order valence-electron chi connectivity index (χ3n) is 4.70. The van der Waals surface area contributed by atoms with E-state index in [9.17, 15) is 13.2 Å². The van der Waals surface area contributed by atoms with Crippen molar-refractivity contribution in [2.75, 3.05) is 26.3 Å². The van der Waals surface area contributed by atoms with Crippen LogP contribution in [0, 0.1) is 0 Å². The van der Waals surface area contributed by atoms with E-state index < -0.39 is 15.7 Å². The van der Waals surface area contributed by atoms with Crippen molar-refractivity contribution in [3.05, 3.63) is 63.7 Å². The molecular weight excluding hydrogens is 480 g/mol. The van der Waals surface area contributed by atoms with Gasteiger partial charge in [-0.1, -0.05) is 27.5 Å². The van der Waals surface area contributed by atoms with Gasteiger partial charge in [0.2, 0.25) is 9.84 Å². The average Bonchev–Trinajstić information content (AvgIpc) is 2.73. The van der Waals surface area contributed by atoms with Gasteiger partial charge in [-0.05, 0) is 42.5 Å². The van der Waals surface area contributed by atoms with Crippen LogP contribution in [-0.2, 0) is 14.6 Å². The number of pyridine rings is 1. The summed E-state index contributed by atoms with van der Waals surface area (Å²) in [6.45, 7) is 1.61. The number of morpholine rings is 1. The number of benzene rings is 2. The highest BCUT2D eigenvalue weighted by molar-refractivity contribution is 9.10. The molecule has 1 aliphatic heterocycles. The zero-order valence-electron chi connectivity index (χ0n) is 15.1. The molecular formula is C20H16BrClN2O4S. The topological polar surface area (TPSA) is 76.6 Å². The van der Waals surface area contributed by atoms with Crippen LogP contribution in [0.5, 0.6) is 0 Å². The number of aromatic nitrogens is 1. The molecule has 4 rings (SSSR count). The summed E-state index contributed by atoms with van der Waals surface area (Å²) in [6.07, 6.45) is 1.33. The summed E-state index contributed by atoms with van der Waals surface area (Å²) in [5, 5.41) is 0.682. The molecule has 2 aromatic carbocycles. The number of amides is 1. The van der Waals surface area contributed by atoms with Gasteiger partial charge in [-0.25, -0.2) is 8.42 Å². The molecule has 0 bridgehead atoms. The van der Waals surface area contributed by atoms with E-state index in [4.69, 9.17) is 16.3 Å². The van der Waals surface area contributed by atoms with Crippen molar-refractivity contribution in [2.24, 2.45) is 0 Å². The molecule has 3 aromatic rings. The maximum Gasteiger partial charge on any atom is 0.256 e. The smallest absolute Gasteiger partial charge is 0.256 e. The summed E-state index contributed by atoms with van der Waals surface area (Å²) in [7, 11) is -4.01. The molecule has 1 amide bonds. The summed E-state index contributed by atoms with van der Waals surface area (Å²) in [5.74, 6) is -0.390. The second-order valence-corrected chi connectivity index (χ2v) is 9.76. The first-order chi connectivity index (χ1) is 13.9. The monoisotopic (exact) mass is 494 g/mol. The van der Waals surface area contributed by atoms with E-state index in [0.717, 1.165) is 4.47 Å². The molecule has 1 aliphatic rings. The highest BCUT2D eigenvalue weighted by Crippen LogP contribution is 2.33. The molecule has 0 radical (unpaired) electrons. The number of sulfone groups is 1. The molecule has 9 heteroatoms. The van der Waals surface area contributed by atoms with Crippen LogP contribution in [0.4, 0.5) is 0 Å². The van der Waals surface area contributed by atoms with Crippen LogP contribution < -0.4 is 0 Å². The first-order valence-corrected chi connectivity index (χ1v) is 11.5. The Kier molecular flexibility index (Phi) is 5.61. The Hall–Kier alpha value is -2.00. The number of hydrogen-bond acceptors (Lipinski definition) is 5. The van der Waals surface area contributed by atoms with E-state index in [0.29, 0.717) is 42.2 Å². The van der Waals surface area contributed by atoms with Crippen molar-refractivity contribution in [3.63, 3.8) is 0 Å². The number of nitrogens with zero attached hydrogens (tertiary/aromatic N) is 2. The Bertz CT molecular complexity index is 1190. The first kappa shape index (κ1) is 20.3. The lowest BCUT2D eigenvalue weighted by molar-refractivity contribution is 0.0300. The minimum Gasteiger partial charge on any atom is -0.378 e. The van der Waals surface area contributed by atoms with Crippen LogP contribution >= 0.6 is 27.5 Å². The number of fused-ring (bicyclic) bond motifs is 1. The molecule has 0 aliphatic carbocycles. The fourth-order valence-corrected chi connectivity index (χ4v) is 5.30. The van der Waals surface area contributed by atoms with E-state index in [1.54, 1.807) is 29.2 Å². The largest absolute Gasteiger partial charge is 0.378 e. The van der Waals surface area contributed by atoms with Crippen LogP contribution in [0.1, 0.15) is 10.4 Å². The lowest BCUT2D eigenvalue weighted by Crippen LogP contribution is -2.41. The standard InChI is InChI=1S/C20H16BrClN2O4S/c21-13-1-4-15(5-2-13)29(26,27)19-16-11-14(22)3-6-18(16)23-12-17(19)20(25)24-7-9-28-10-8-24/h1-6,11-12H,7-10H2. The number of ether oxygens (including phenoxy) is 1. The third kappa shape index (κ3) is 3.90. The van der Waals surface area contributed by atoms with Gasteiger partial charge in [0.15, 0.2) is 0 Å². The van der Waals surface area contributed by atoms with E-state index in [2.05, 4.69) is 20.9 Å². The second kappa shape index (κ2) is 8.02. The van der Waals surface area contributed by atoms with Crippen molar-refractivity contribution in [3.8, 4) is 0 Å². The van der Waals surface area contributed by atoms with Crippen molar-refractivity contribution in [1.29, 1.82) is 0 Å². The molecule has 1 aromatic heterocycles. The van der Waals surface area contributed by atoms with Crippen molar-refractivity contribution in [2.45, 2.75) is 9.79 Å². The lowest BCUT2D eigenvalue weighted by Gasteiger charge is -2.27. The highest BCUT2D eigenvalue weighted by Gasteiger charge is 2.30. The molecule has 2 heterocycles. The van der Waals surface area contributed by atoms with Crippen LogP contribution in [0.25, 0.3) is 10.9 Å². The fourth-order valence-electron chi connectivity index (χ4n) is 3.25. The zero-order valence-corrected chi connectivity index (χ0v) is 18.3. The first-order valence-electron chi connectivity index (χ1n) is 8.84. The molecule has 0 saturated carbocycles. The SMILES string of the molecule is O=C(c1cnc2ccc(Cl)cc2c1S(=O)(=O)c1ccc(Br)cc1)N1CCOCC1. The van der Waals surface area contributed by atoms with Gasteiger partial charge >= 0.3 is 0 Å². The van der Waals surface area contributed by atoms with E-state index >= 15 is 0 Å². The molecule has 150 valence electrons. The predicted molar refractivity (Wildman–Crippen MR) is 113 cm³/mol. The van der Waals surface area contributed by atoms with Gasteiger partial charge in [0.25, 0.3) is 5.91 Å². The van der Waals surface area contributed by atoms with Gasteiger partial charge in [0.1, 0.15) is 0 Å². The van der Waals surface area contributed by atoms with Gasteiger partial charge < -0.3 is 9.64 Å². The summed E-state index contributed by atoms with van der Waals surface area (Å²) >= 11 is 9.46. The molecule has 0 unspecified atom stereocenters. The summed E-state index contributed by atoms with van der Waals surface area (Å²) in [6, 6.07) is 11.1. The normalized spacial score (nSPS) is 14.9. The van der Waals surface area contributed by atoms with Gasteiger partial charge in [-0.2, -0.15) is 0 Å². The number of carbonyl (C=O) groups excluding carboxylic acids is 1. The number of carbonyl (C=O) groups is 1. The number of halogens is 2. The van der Waals surface area contributed by atoms with Gasteiger partial charge in [0, 0.05) is 34.2 Å². The van der Waals surface area contributed by atoms with Crippen LogP contribution in [0.2, 0.25) is 5.02 Å². The van der Waals surface area contributed by atoms with E-state index in [1.807, 2.05) is 0 Å². The Balaban J connectivity index is 1.97. The molecule has 29 heavy (non-hydrogen) atoms. The number of rotatable bonds is 3. The maximum atomic E-state index is 13.6. The second-order valence-electron chi connectivity index (χ2n) is 6.52. The highest BCUT2D eigenvalue weighted by atomic mass is 79.9. The van der Waals surface area contributed by atoms with Crippen LogP contribution in [-0.4, -0.2) is 50.5 Å². The van der Waals surface area contributed by atoms with Crippen molar-refractivity contribution < 1.29 is 17.9 Å². The summed E-state index contributed by atoms with van der Waals surface area (Å²) in [5.41, 5.74) is 0.480. The molecule has 1 fully saturated rings. The summed E-state index contributed by atoms with van der Waals surface area (Å²) < 4.78 is 33.2. The number of hydrogen-bond donors (Lipinski definition) is 0. The van der Waals surface area contributed by atoms with E-state index in [-0.39, 0.29) is 15.4 Å². The molecule has 1 saturated heterocycles. The Morgan fingerprint density at radius 2 is 1.79 bits per heavy atom. The lowest BCUT2D eigenvalue weighted by atomic mass is 10.1. The molecule has 6 nitrogen and oxygen atoms in total. The van der Waals surface area contributed by atoms with Crippen LogP contribution in [0.15, 0.2) is 62.9 Å². The Morgan fingerprint density at radius 3 is 2.48 bits per heavy atom. The van der Waals surface area contributed by atoms with Crippen LogP contribution in [0.3, 0.4) is 0 Å². The predicted octanol–water partition coefficient (Wildman–Crippen LogP) is 3.96. The fraction of sp³-hybridized carbons (Fsp3) is 0.200. The Morgan fingerprint density at radius 1 is 1.10 bits per heavy atom. The van der Waals surface area contributed by atoms with E-state index in [1.165, 1.54) is 24.4 Å². The average molecular weight is 496 g/mol. The zero-order chi connectivity index (χ0) is 20.6. The van der Waals surface area contributed by atoms with Gasteiger partial charge in [0.05, 0.1) is 34.1 Å². The summed E-state index contributed by atoms with van der Waals surface area (Å²) in [4.78, 5) is 19.1. The van der Waals surface area contributed by atoms with Crippen molar-refractivity contribution >= 4 is 54.2 Å². The molecule has 0 atom stereocenters. The van der Waals surface area contributed by atoms with Gasteiger partial charge in [-0.15, -0.1) is 0 Å². The molecule has 0 spiro atoms. The molecule has 0 N–H and O–H groups in total. The quantitative estimate of drug-likeness (QED) is 0.550. The Labute approximate surface area is 181 Å². The van der Waals surface area contributed by atoms with Gasteiger partial charge in [-0.3, -0.25) is 9.78 Å². The maximum absolute atomic E-state index is 13.6. The van der Waals surface area contributed by atoms with Crippen molar-refractivity contribution in [1.82, 2.24) is 9.88 Å². The minimum absolute atomic E-state index is 0.0320.